The van der Waals surface area contributed by atoms with Crippen molar-refractivity contribution in [1.29, 1.82) is 0 Å². The molecule has 0 saturated heterocycles. The van der Waals surface area contributed by atoms with E-state index >= 15 is 0 Å². The van der Waals surface area contributed by atoms with Gasteiger partial charge in [0.2, 0.25) is 0 Å². The van der Waals surface area contributed by atoms with Crippen LogP contribution in [0.2, 0.25) is 0 Å². The molecule has 2 aromatic rings. The maximum absolute atomic E-state index is 12.7. The van der Waals surface area contributed by atoms with Gasteiger partial charge in [-0.05, 0) is 12.1 Å². The number of para-hydroxylation sites is 1. The van der Waals surface area contributed by atoms with Crippen LogP contribution in [0.5, 0.6) is 11.5 Å². The van der Waals surface area contributed by atoms with Crippen LogP contribution in [0.15, 0.2) is 24.3 Å². The number of aryl methyl sites for hydroxylation is 1. The van der Waals surface area contributed by atoms with Crippen molar-refractivity contribution in [3.63, 3.8) is 0 Å². The molecule has 2 heterocycles. The molecule has 0 fully saturated rings. The smallest absolute Gasteiger partial charge is 0.433 e. The third kappa shape index (κ3) is 2.94. The van der Waals surface area contributed by atoms with Crippen molar-refractivity contribution < 1.29 is 27.4 Å². The Morgan fingerprint density at radius 1 is 1.30 bits per heavy atom. The summed E-state index contributed by atoms with van der Waals surface area (Å²) in [5.41, 5.74) is -0.788. The maximum Gasteiger partial charge on any atom is 0.433 e. The van der Waals surface area contributed by atoms with Crippen LogP contribution in [0.3, 0.4) is 0 Å². The number of nitrogens with zero attached hydrogens (tertiary/aromatic N) is 2. The minimum absolute atomic E-state index is 0.168. The molecule has 1 aromatic carbocycles. The zero-order valence-electron chi connectivity index (χ0n) is 12.0. The predicted molar refractivity (Wildman–Crippen MR) is 73.6 cm³/mol. The average Bonchev–Trinajstić information content (AvgIpc) is 2.87. The number of fused-ring (bicyclic) bond motifs is 1. The van der Waals surface area contributed by atoms with Crippen LogP contribution in [-0.2, 0) is 13.2 Å². The topological polar surface area (TPSA) is 65.4 Å². The third-order valence-corrected chi connectivity index (χ3v) is 3.22. The zero-order chi connectivity index (χ0) is 16.6. The lowest BCUT2D eigenvalue weighted by atomic mass is 10.1. The summed E-state index contributed by atoms with van der Waals surface area (Å²) in [6.07, 6.45) is -4.55. The Morgan fingerprint density at radius 3 is 2.74 bits per heavy atom. The molecule has 0 bridgehead atoms. The van der Waals surface area contributed by atoms with Crippen molar-refractivity contribution in [2.24, 2.45) is 7.05 Å². The lowest BCUT2D eigenvalue weighted by Crippen LogP contribution is -2.20. The Bertz CT molecular complexity index is 755. The number of hydrogen-bond donors (Lipinski definition) is 1. The number of aromatic nitrogens is 2. The number of ether oxygens (including phenoxy) is 2. The van der Waals surface area contributed by atoms with Gasteiger partial charge < -0.3 is 14.8 Å². The van der Waals surface area contributed by atoms with Gasteiger partial charge in [0.05, 0.1) is 5.56 Å². The third-order valence-electron chi connectivity index (χ3n) is 3.22. The van der Waals surface area contributed by atoms with Crippen LogP contribution in [0.4, 0.5) is 19.0 Å². The Labute approximate surface area is 128 Å². The van der Waals surface area contributed by atoms with Crippen LogP contribution in [0, 0.1) is 0 Å². The number of alkyl halides is 3. The summed E-state index contributed by atoms with van der Waals surface area (Å²) in [7, 11) is 1.15. The molecule has 6 nitrogen and oxygen atoms in total. The molecular weight excluding hydrogens is 315 g/mol. The lowest BCUT2D eigenvalue weighted by molar-refractivity contribution is -0.143. The summed E-state index contributed by atoms with van der Waals surface area (Å²) in [4.78, 5) is 12.3. The minimum atomic E-state index is -4.55. The van der Waals surface area contributed by atoms with Gasteiger partial charge in [-0.25, -0.2) is 0 Å². The number of nitrogens with one attached hydrogen (secondary N) is 1. The molecule has 1 N–H and O–H groups in total. The summed E-state index contributed by atoms with van der Waals surface area (Å²) in [6.45, 7) is 0.659. The zero-order valence-corrected chi connectivity index (χ0v) is 12.0. The van der Waals surface area contributed by atoms with Crippen LogP contribution in [0.25, 0.3) is 0 Å². The summed E-state index contributed by atoms with van der Waals surface area (Å²) in [5.74, 6) is -0.137. The Hall–Kier alpha value is -2.71. The van der Waals surface area contributed by atoms with E-state index < -0.39 is 17.8 Å². The van der Waals surface area contributed by atoms with Crippen molar-refractivity contribution in [2.45, 2.75) is 6.18 Å². The first-order chi connectivity index (χ1) is 10.9. The van der Waals surface area contributed by atoms with Gasteiger partial charge in [0, 0.05) is 13.1 Å². The SMILES string of the molecule is Cn1nc(NC(=O)c2cccc3c2OCCO3)cc1C(F)(F)F. The van der Waals surface area contributed by atoms with Gasteiger partial charge >= 0.3 is 6.18 Å². The highest BCUT2D eigenvalue weighted by Crippen LogP contribution is 2.34. The van der Waals surface area contributed by atoms with E-state index in [2.05, 4.69) is 10.4 Å². The Kier molecular flexibility index (Phi) is 3.63. The molecule has 1 aliphatic heterocycles. The fourth-order valence-corrected chi connectivity index (χ4v) is 2.23. The Balaban J connectivity index is 1.86. The van der Waals surface area contributed by atoms with Crippen molar-refractivity contribution in [3.8, 4) is 11.5 Å². The lowest BCUT2D eigenvalue weighted by Gasteiger charge is -2.20. The number of anilines is 1. The van der Waals surface area contributed by atoms with Crippen LogP contribution in [0.1, 0.15) is 16.1 Å². The molecule has 0 radical (unpaired) electrons. The second kappa shape index (κ2) is 5.49. The minimum Gasteiger partial charge on any atom is -0.486 e. The fourth-order valence-electron chi connectivity index (χ4n) is 2.23. The van der Waals surface area contributed by atoms with E-state index in [1.165, 1.54) is 6.07 Å². The maximum atomic E-state index is 12.7. The molecule has 0 aliphatic carbocycles. The van der Waals surface area contributed by atoms with Crippen molar-refractivity contribution >= 4 is 11.7 Å². The largest absolute Gasteiger partial charge is 0.486 e. The van der Waals surface area contributed by atoms with Gasteiger partial charge in [0.15, 0.2) is 17.3 Å². The normalized spacial score (nSPS) is 13.7. The summed E-state index contributed by atoms with van der Waals surface area (Å²) < 4.78 is 49.6. The van der Waals surface area contributed by atoms with E-state index in [9.17, 15) is 18.0 Å². The molecular formula is C14H12F3N3O3. The van der Waals surface area contributed by atoms with Gasteiger partial charge in [-0.3, -0.25) is 9.48 Å². The highest BCUT2D eigenvalue weighted by atomic mass is 19.4. The molecule has 0 spiro atoms. The van der Waals surface area contributed by atoms with Crippen molar-refractivity contribution in [2.75, 3.05) is 18.5 Å². The number of rotatable bonds is 2. The van der Waals surface area contributed by atoms with E-state index in [0.717, 1.165) is 13.1 Å². The molecule has 0 atom stereocenters. The van der Waals surface area contributed by atoms with Crippen LogP contribution >= 0.6 is 0 Å². The van der Waals surface area contributed by atoms with E-state index in [1.54, 1.807) is 12.1 Å². The monoisotopic (exact) mass is 327 g/mol. The van der Waals surface area contributed by atoms with Crippen molar-refractivity contribution in [3.05, 3.63) is 35.5 Å². The van der Waals surface area contributed by atoms with Crippen LogP contribution in [-0.4, -0.2) is 28.9 Å². The quantitative estimate of drug-likeness (QED) is 0.920. The summed E-state index contributed by atoms with van der Waals surface area (Å²) in [6, 6.07) is 5.51. The second-order valence-electron chi connectivity index (χ2n) is 4.82. The highest BCUT2D eigenvalue weighted by molar-refractivity contribution is 6.06. The van der Waals surface area contributed by atoms with Gasteiger partial charge in [-0.15, -0.1) is 0 Å². The summed E-state index contributed by atoms with van der Waals surface area (Å²) >= 11 is 0. The van der Waals surface area contributed by atoms with Gasteiger partial charge in [-0.1, -0.05) is 6.07 Å². The molecule has 0 saturated carbocycles. The van der Waals surface area contributed by atoms with E-state index in [0.29, 0.717) is 23.6 Å². The highest BCUT2D eigenvalue weighted by Gasteiger charge is 2.35. The molecule has 3 rings (SSSR count). The number of hydrogen-bond acceptors (Lipinski definition) is 4. The number of carbonyl (C=O) groups excluding carboxylic acids is 1. The molecule has 9 heteroatoms. The number of carbonyl (C=O) groups is 1. The Morgan fingerprint density at radius 2 is 2.04 bits per heavy atom. The summed E-state index contributed by atoms with van der Waals surface area (Å²) in [5, 5.41) is 5.98. The van der Waals surface area contributed by atoms with E-state index in [1.807, 2.05) is 0 Å². The molecule has 1 aliphatic rings. The van der Waals surface area contributed by atoms with Gasteiger partial charge in [0.1, 0.15) is 18.9 Å². The van der Waals surface area contributed by atoms with Gasteiger partial charge in [-0.2, -0.15) is 18.3 Å². The van der Waals surface area contributed by atoms with E-state index in [-0.39, 0.29) is 17.1 Å². The molecule has 122 valence electrons. The second-order valence-corrected chi connectivity index (χ2v) is 4.82. The molecule has 23 heavy (non-hydrogen) atoms. The van der Waals surface area contributed by atoms with Crippen molar-refractivity contribution in [1.82, 2.24) is 9.78 Å². The predicted octanol–water partition coefficient (Wildman–Crippen LogP) is 2.46. The molecule has 1 aromatic heterocycles. The molecule has 1 amide bonds. The first kappa shape index (κ1) is 15.2. The molecule has 0 unspecified atom stereocenters. The average molecular weight is 327 g/mol. The fraction of sp³-hybridized carbons (Fsp3) is 0.286. The first-order valence-corrected chi connectivity index (χ1v) is 6.67. The standard InChI is InChI=1S/C14H12F3N3O3/c1-20-10(14(15,16)17)7-11(19-20)18-13(21)8-3-2-4-9-12(8)23-6-5-22-9/h2-4,7H,5-6H2,1H3,(H,18,19,21). The van der Waals surface area contributed by atoms with Crippen LogP contribution < -0.4 is 14.8 Å². The first-order valence-electron chi connectivity index (χ1n) is 6.67. The number of benzene rings is 1. The van der Waals surface area contributed by atoms with E-state index in [4.69, 9.17) is 9.47 Å². The number of halogens is 3. The van der Waals surface area contributed by atoms with Gasteiger partial charge in [0.25, 0.3) is 5.91 Å². The number of amides is 1.